The third-order valence-electron chi connectivity index (χ3n) is 7.28. The topological polar surface area (TPSA) is 70.1 Å². The molecule has 2 aliphatic heterocycles. The summed E-state index contributed by atoms with van der Waals surface area (Å²) >= 11 is 3.46. The molecule has 0 aromatic heterocycles. The minimum atomic E-state index is -1.14. The number of rotatable bonds is 3. The van der Waals surface area contributed by atoms with Gasteiger partial charge in [0.05, 0.1) is 16.7 Å². The van der Waals surface area contributed by atoms with Crippen LogP contribution in [-0.4, -0.2) is 45.3 Å². The largest absolute Gasteiger partial charge is 0.331 e. The van der Waals surface area contributed by atoms with Crippen LogP contribution in [0.25, 0.3) is 0 Å². The Bertz CT molecular complexity index is 1200. The highest BCUT2D eigenvalue weighted by Crippen LogP contribution is 2.79. The first-order valence-electron chi connectivity index (χ1n) is 11.1. The van der Waals surface area contributed by atoms with E-state index in [1.165, 1.54) is 5.01 Å². The summed E-state index contributed by atoms with van der Waals surface area (Å²) in [4.78, 5) is 42.5. The zero-order valence-corrected chi connectivity index (χ0v) is 20.7. The van der Waals surface area contributed by atoms with Crippen LogP contribution in [0.5, 0.6) is 0 Å². The molecule has 6 nitrogen and oxygen atoms in total. The second-order valence-electron chi connectivity index (χ2n) is 10.2. The van der Waals surface area contributed by atoms with E-state index in [2.05, 4.69) is 21.0 Å². The number of hydrogen-bond acceptors (Lipinski definition) is 4. The maximum absolute atomic E-state index is 14.0. The molecule has 3 atom stereocenters. The summed E-state index contributed by atoms with van der Waals surface area (Å²) in [5, 5.41) is 6.15. The Kier molecular flexibility index (Phi) is 4.73. The fraction of sp³-hybridized carbons (Fsp3) is 0.385. The first-order chi connectivity index (χ1) is 15.5. The third kappa shape index (κ3) is 2.84. The van der Waals surface area contributed by atoms with Crippen LogP contribution in [0.15, 0.2) is 64.2 Å². The van der Waals surface area contributed by atoms with Crippen LogP contribution < -0.4 is 0 Å². The van der Waals surface area contributed by atoms with Crippen LogP contribution in [0, 0.1) is 10.8 Å². The monoisotopic (exact) mass is 507 g/mol. The van der Waals surface area contributed by atoms with Gasteiger partial charge in [0.15, 0.2) is 0 Å². The number of fused-ring (bicyclic) bond motifs is 1. The van der Waals surface area contributed by atoms with Crippen molar-refractivity contribution >= 4 is 39.2 Å². The molecule has 5 rings (SSSR count). The van der Waals surface area contributed by atoms with Gasteiger partial charge >= 0.3 is 0 Å². The first-order valence-corrected chi connectivity index (χ1v) is 11.9. The van der Waals surface area contributed by atoms with Crippen molar-refractivity contribution in [3.05, 3.63) is 70.2 Å². The van der Waals surface area contributed by atoms with Gasteiger partial charge in [-0.25, -0.2) is 5.01 Å². The Balaban J connectivity index is 1.62. The molecule has 2 heterocycles. The second-order valence-corrected chi connectivity index (χ2v) is 11.1. The summed E-state index contributed by atoms with van der Waals surface area (Å²) in [5.74, 6) is -1.63. The van der Waals surface area contributed by atoms with Gasteiger partial charge in [-0.15, -0.1) is 0 Å². The molecule has 1 saturated heterocycles. The molecule has 2 unspecified atom stereocenters. The van der Waals surface area contributed by atoms with Crippen molar-refractivity contribution in [3.8, 4) is 0 Å². The van der Waals surface area contributed by atoms with E-state index >= 15 is 0 Å². The van der Waals surface area contributed by atoms with Gasteiger partial charge in [-0.2, -0.15) is 5.10 Å². The van der Waals surface area contributed by atoms with Crippen molar-refractivity contribution in [2.45, 2.75) is 45.7 Å². The molecule has 1 aliphatic carbocycles. The lowest BCUT2D eigenvalue weighted by molar-refractivity contribution is -0.143. The van der Waals surface area contributed by atoms with Gasteiger partial charge in [-0.3, -0.25) is 14.4 Å². The van der Waals surface area contributed by atoms with E-state index in [-0.39, 0.29) is 12.5 Å². The van der Waals surface area contributed by atoms with Crippen molar-refractivity contribution in [3.63, 3.8) is 0 Å². The van der Waals surface area contributed by atoms with E-state index in [1.807, 2.05) is 82.3 Å². The summed E-state index contributed by atoms with van der Waals surface area (Å²) in [6, 6.07) is 17.3. The molecule has 0 N–H and O–H groups in total. The summed E-state index contributed by atoms with van der Waals surface area (Å²) in [5.41, 5.74) is -0.378. The molecule has 2 fully saturated rings. The van der Waals surface area contributed by atoms with Crippen molar-refractivity contribution in [2.24, 2.45) is 15.9 Å². The van der Waals surface area contributed by atoms with Crippen molar-refractivity contribution in [1.29, 1.82) is 0 Å². The number of carbonyl (C=O) groups excluding carboxylic acids is 3. The lowest BCUT2D eigenvalue weighted by Gasteiger charge is -2.29. The minimum Gasteiger partial charge on any atom is -0.331 e. The van der Waals surface area contributed by atoms with Gasteiger partial charge in [0.1, 0.15) is 5.41 Å². The zero-order valence-electron chi connectivity index (χ0n) is 19.1. The van der Waals surface area contributed by atoms with Crippen molar-refractivity contribution in [2.75, 3.05) is 6.54 Å². The predicted molar refractivity (Wildman–Crippen MR) is 128 cm³/mol. The minimum absolute atomic E-state index is 0.192. The number of halogens is 1. The molecule has 2 aromatic rings. The summed E-state index contributed by atoms with van der Waals surface area (Å²) in [7, 11) is 0. The van der Waals surface area contributed by atoms with E-state index < -0.39 is 34.0 Å². The Morgan fingerprint density at radius 2 is 1.67 bits per heavy atom. The van der Waals surface area contributed by atoms with Gasteiger partial charge in [0.25, 0.3) is 11.8 Å². The lowest BCUT2D eigenvalue weighted by Crippen LogP contribution is -2.44. The Morgan fingerprint density at radius 3 is 2.24 bits per heavy atom. The van der Waals surface area contributed by atoms with Gasteiger partial charge in [0, 0.05) is 23.5 Å². The molecule has 1 saturated carbocycles. The Morgan fingerprint density at radius 1 is 1.03 bits per heavy atom. The number of ketones is 1. The van der Waals surface area contributed by atoms with Crippen LogP contribution >= 0.6 is 15.9 Å². The van der Waals surface area contributed by atoms with Crippen LogP contribution in [0.2, 0.25) is 0 Å². The number of likely N-dealkylation sites (tertiary alicyclic amines) is 1. The normalized spacial score (nSPS) is 28.9. The van der Waals surface area contributed by atoms with Crippen molar-refractivity contribution in [1.82, 2.24) is 9.91 Å². The molecule has 2 amide bonds. The molecule has 0 bridgehead atoms. The number of nitrogens with zero attached hydrogens (tertiary/aromatic N) is 3. The number of hydrazone groups is 1. The van der Waals surface area contributed by atoms with Crippen molar-refractivity contribution < 1.29 is 14.4 Å². The number of hydrogen-bond donors (Lipinski definition) is 0. The second kappa shape index (κ2) is 7.10. The quantitative estimate of drug-likeness (QED) is 0.586. The predicted octanol–water partition coefficient (Wildman–Crippen LogP) is 4.15. The van der Waals surface area contributed by atoms with Crippen LogP contribution in [-0.2, 0) is 20.9 Å². The molecule has 0 radical (unpaired) electrons. The SMILES string of the molecule is CC1=NN(C(C)(C)C)C(=O)C12[C@@H](c1ccc(Br)cc1)C21CN(Cc2ccccc2)C(=O)C1=O. The molecular formula is C26H26BrN3O3. The number of benzene rings is 2. The van der Waals surface area contributed by atoms with Crippen LogP contribution in [0.1, 0.15) is 44.7 Å². The highest BCUT2D eigenvalue weighted by Gasteiger charge is 2.90. The van der Waals surface area contributed by atoms with Gasteiger partial charge in [-0.1, -0.05) is 58.4 Å². The molecule has 3 aliphatic rings. The van der Waals surface area contributed by atoms with Gasteiger partial charge < -0.3 is 4.90 Å². The van der Waals surface area contributed by atoms with Gasteiger partial charge in [-0.05, 0) is 51.0 Å². The molecule has 2 spiro atoms. The maximum Gasteiger partial charge on any atom is 0.291 e. The number of carbonyl (C=O) groups is 3. The molecule has 2 aromatic carbocycles. The van der Waals surface area contributed by atoms with Gasteiger partial charge in [0.2, 0.25) is 5.78 Å². The molecular weight excluding hydrogens is 482 g/mol. The number of Topliss-reactive ketones (excluding diaryl/α,β-unsaturated/α-hetero) is 1. The highest BCUT2D eigenvalue weighted by molar-refractivity contribution is 9.10. The number of amides is 2. The van der Waals surface area contributed by atoms with E-state index in [0.717, 1.165) is 15.6 Å². The fourth-order valence-electron chi connectivity index (χ4n) is 5.86. The maximum atomic E-state index is 14.0. The van der Waals surface area contributed by atoms with Crippen LogP contribution in [0.3, 0.4) is 0 Å². The molecule has 7 heteroatoms. The van der Waals surface area contributed by atoms with E-state index in [0.29, 0.717) is 12.3 Å². The lowest BCUT2D eigenvalue weighted by atomic mass is 9.86. The summed E-state index contributed by atoms with van der Waals surface area (Å²) < 4.78 is 0.911. The molecule has 33 heavy (non-hydrogen) atoms. The Hall–Kier alpha value is -2.80. The first kappa shape index (κ1) is 22.0. The standard InChI is InChI=1S/C26H26BrN3O3/c1-16-26(23(33)30(28-16)24(2,3)4)20(18-10-12-19(27)13-11-18)25(26)15-29(22(32)21(25)31)14-17-8-6-5-7-9-17/h5-13,20H,14-15H2,1-4H3/t20-,25?,26?/m0/s1. The van der Waals surface area contributed by atoms with E-state index in [4.69, 9.17) is 0 Å². The molecule has 170 valence electrons. The fourth-order valence-corrected chi connectivity index (χ4v) is 6.12. The summed E-state index contributed by atoms with van der Waals surface area (Å²) in [6.45, 7) is 8.14. The third-order valence-corrected chi connectivity index (χ3v) is 7.81. The summed E-state index contributed by atoms with van der Waals surface area (Å²) in [6.07, 6.45) is 0. The van der Waals surface area contributed by atoms with Crippen LogP contribution in [0.4, 0.5) is 0 Å². The average molecular weight is 508 g/mol. The highest BCUT2D eigenvalue weighted by atomic mass is 79.9. The zero-order chi connectivity index (χ0) is 23.8. The Labute approximate surface area is 201 Å². The smallest absolute Gasteiger partial charge is 0.291 e. The van der Waals surface area contributed by atoms with E-state index in [9.17, 15) is 14.4 Å². The van der Waals surface area contributed by atoms with E-state index in [1.54, 1.807) is 4.90 Å². The average Bonchev–Trinajstić information content (AvgIpc) is 3.19.